The highest BCUT2D eigenvalue weighted by atomic mass is 16.6. The predicted molar refractivity (Wildman–Crippen MR) is 61.7 cm³/mol. The summed E-state index contributed by atoms with van der Waals surface area (Å²) in [7, 11) is 0. The van der Waals surface area contributed by atoms with E-state index in [2.05, 4.69) is 6.92 Å². The van der Waals surface area contributed by atoms with E-state index in [1.54, 1.807) is 0 Å². The van der Waals surface area contributed by atoms with Gasteiger partial charge in [0.25, 0.3) is 0 Å². The zero-order valence-corrected chi connectivity index (χ0v) is 10.6. The summed E-state index contributed by atoms with van der Waals surface area (Å²) in [5.74, 6) is 0.0334. The van der Waals surface area contributed by atoms with Crippen LogP contribution in [0.25, 0.3) is 0 Å². The monoisotopic (exact) mass is 212 g/mol. The summed E-state index contributed by atoms with van der Waals surface area (Å²) in [6.07, 6.45) is 6.69. The highest BCUT2D eigenvalue weighted by Gasteiger charge is 2.51. The summed E-state index contributed by atoms with van der Waals surface area (Å²) in [5, 5.41) is 0. The van der Waals surface area contributed by atoms with Crippen LogP contribution in [0.5, 0.6) is 0 Å². The van der Waals surface area contributed by atoms with Gasteiger partial charge in [-0.3, -0.25) is 4.79 Å². The summed E-state index contributed by atoms with van der Waals surface area (Å²) in [5.41, 5.74) is -0.431. The molecule has 2 nitrogen and oxygen atoms in total. The molecule has 2 heteroatoms. The van der Waals surface area contributed by atoms with E-state index in [0.29, 0.717) is 0 Å². The van der Waals surface area contributed by atoms with Gasteiger partial charge >= 0.3 is 5.97 Å². The van der Waals surface area contributed by atoms with Gasteiger partial charge in [-0.2, -0.15) is 0 Å². The van der Waals surface area contributed by atoms with Crippen LogP contribution in [0.3, 0.4) is 0 Å². The molecule has 0 atom stereocenters. The quantitative estimate of drug-likeness (QED) is 0.513. The molecule has 1 fully saturated rings. The summed E-state index contributed by atoms with van der Waals surface area (Å²) >= 11 is 0. The first-order chi connectivity index (χ1) is 6.90. The first kappa shape index (κ1) is 12.5. The van der Waals surface area contributed by atoms with Crippen molar-refractivity contribution in [2.75, 3.05) is 0 Å². The molecule has 0 radical (unpaired) electrons. The predicted octanol–water partition coefficient (Wildman–Crippen LogP) is 3.69. The van der Waals surface area contributed by atoms with E-state index < -0.39 is 0 Å². The minimum atomic E-state index is -0.336. The fraction of sp³-hybridized carbons (Fsp3) is 0.923. The Bertz CT molecular complexity index is 221. The molecular formula is C13H24O2. The zero-order chi connectivity index (χ0) is 11.5. The molecule has 1 aliphatic carbocycles. The van der Waals surface area contributed by atoms with E-state index in [0.717, 1.165) is 25.7 Å². The lowest BCUT2D eigenvalue weighted by atomic mass is 9.98. The van der Waals surface area contributed by atoms with Crippen molar-refractivity contribution >= 4 is 5.97 Å². The SMILES string of the molecule is CCCCCC1(C(=O)OC(C)(C)C)CC1. The van der Waals surface area contributed by atoms with Gasteiger partial charge in [0.15, 0.2) is 0 Å². The molecule has 0 aromatic carbocycles. The van der Waals surface area contributed by atoms with E-state index in [1.165, 1.54) is 12.8 Å². The Hall–Kier alpha value is -0.530. The summed E-state index contributed by atoms with van der Waals surface area (Å²) < 4.78 is 5.46. The van der Waals surface area contributed by atoms with Crippen LogP contribution < -0.4 is 0 Å². The number of carbonyl (C=O) groups is 1. The molecule has 0 aliphatic heterocycles. The average Bonchev–Trinajstić information content (AvgIpc) is 2.83. The third-order valence-corrected chi connectivity index (χ3v) is 2.94. The van der Waals surface area contributed by atoms with Crippen molar-refractivity contribution in [3.63, 3.8) is 0 Å². The van der Waals surface area contributed by atoms with Crippen LogP contribution in [0.4, 0.5) is 0 Å². The Morgan fingerprint density at radius 3 is 2.27 bits per heavy atom. The molecule has 0 spiro atoms. The standard InChI is InChI=1S/C13H24O2/c1-5-6-7-8-13(9-10-13)11(14)15-12(2,3)4/h5-10H2,1-4H3. The molecule has 0 aromatic heterocycles. The number of unbranched alkanes of at least 4 members (excludes halogenated alkanes) is 2. The molecular weight excluding hydrogens is 188 g/mol. The molecule has 15 heavy (non-hydrogen) atoms. The first-order valence-electron chi connectivity index (χ1n) is 6.13. The van der Waals surface area contributed by atoms with Crippen LogP contribution in [0.2, 0.25) is 0 Å². The third-order valence-electron chi connectivity index (χ3n) is 2.94. The van der Waals surface area contributed by atoms with Crippen LogP contribution in [-0.4, -0.2) is 11.6 Å². The van der Waals surface area contributed by atoms with E-state index >= 15 is 0 Å². The van der Waals surface area contributed by atoms with Crippen molar-refractivity contribution < 1.29 is 9.53 Å². The Labute approximate surface area is 93.4 Å². The van der Waals surface area contributed by atoms with E-state index in [9.17, 15) is 4.79 Å². The fourth-order valence-electron chi connectivity index (χ4n) is 1.81. The smallest absolute Gasteiger partial charge is 0.312 e. The fourth-order valence-corrected chi connectivity index (χ4v) is 1.81. The van der Waals surface area contributed by atoms with Gasteiger partial charge in [0.2, 0.25) is 0 Å². The van der Waals surface area contributed by atoms with Crippen molar-refractivity contribution in [1.29, 1.82) is 0 Å². The second kappa shape index (κ2) is 4.54. The van der Waals surface area contributed by atoms with Gasteiger partial charge in [-0.15, -0.1) is 0 Å². The Morgan fingerprint density at radius 2 is 1.87 bits per heavy atom. The van der Waals surface area contributed by atoms with E-state index in [4.69, 9.17) is 4.74 Å². The minimum absolute atomic E-state index is 0.0334. The zero-order valence-electron chi connectivity index (χ0n) is 10.6. The molecule has 1 aliphatic rings. The van der Waals surface area contributed by atoms with Crippen molar-refractivity contribution in [2.45, 2.75) is 71.8 Å². The third kappa shape index (κ3) is 3.84. The first-order valence-corrected chi connectivity index (χ1v) is 6.13. The molecule has 0 amide bonds. The maximum absolute atomic E-state index is 11.9. The van der Waals surface area contributed by atoms with Gasteiger partial charge in [0.05, 0.1) is 5.41 Å². The topological polar surface area (TPSA) is 26.3 Å². The van der Waals surface area contributed by atoms with Crippen LogP contribution >= 0.6 is 0 Å². The second-order valence-corrected chi connectivity index (χ2v) is 5.74. The number of hydrogen-bond acceptors (Lipinski definition) is 2. The van der Waals surface area contributed by atoms with Gasteiger partial charge < -0.3 is 4.74 Å². The number of ether oxygens (including phenoxy) is 1. The highest BCUT2D eigenvalue weighted by molar-refractivity contribution is 5.80. The molecule has 88 valence electrons. The number of hydrogen-bond donors (Lipinski definition) is 0. The Kier molecular flexibility index (Phi) is 3.80. The van der Waals surface area contributed by atoms with Gasteiger partial charge in [0.1, 0.15) is 5.60 Å². The molecule has 1 saturated carbocycles. The van der Waals surface area contributed by atoms with E-state index in [-0.39, 0.29) is 17.0 Å². The molecule has 0 aromatic rings. The molecule has 0 N–H and O–H groups in total. The molecule has 0 unspecified atom stereocenters. The average molecular weight is 212 g/mol. The number of esters is 1. The largest absolute Gasteiger partial charge is 0.460 e. The lowest BCUT2D eigenvalue weighted by Crippen LogP contribution is -2.29. The molecule has 0 bridgehead atoms. The lowest BCUT2D eigenvalue weighted by molar-refractivity contribution is -0.162. The van der Waals surface area contributed by atoms with Crippen molar-refractivity contribution in [3.05, 3.63) is 0 Å². The van der Waals surface area contributed by atoms with Gasteiger partial charge in [0, 0.05) is 0 Å². The maximum atomic E-state index is 11.9. The van der Waals surface area contributed by atoms with Gasteiger partial charge in [-0.05, 0) is 40.0 Å². The van der Waals surface area contributed by atoms with Crippen molar-refractivity contribution in [2.24, 2.45) is 5.41 Å². The van der Waals surface area contributed by atoms with Crippen LogP contribution in [0.1, 0.15) is 66.2 Å². The second-order valence-electron chi connectivity index (χ2n) is 5.74. The van der Waals surface area contributed by atoms with Crippen LogP contribution in [0.15, 0.2) is 0 Å². The normalized spacial score (nSPS) is 18.7. The van der Waals surface area contributed by atoms with Crippen LogP contribution in [0, 0.1) is 5.41 Å². The van der Waals surface area contributed by atoms with Crippen molar-refractivity contribution in [3.8, 4) is 0 Å². The molecule has 0 saturated heterocycles. The number of rotatable bonds is 5. The molecule has 0 heterocycles. The minimum Gasteiger partial charge on any atom is -0.460 e. The summed E-state index contributed by atoms with van der Waals surface area (Å²) in [6.45, 7) is 8.00. The lowest BCUT2D eigenvalue weighted by Gasteiger charge is -2.23. The van der Waals surface area contributed by atoms with Gasteiger partial charge in [-0.1, -0.05) is 26.2 Å². The van der Waals surface area contributed by atoms with Crippen LogP contribution in [-0.2, 0) is 9.53 Å². The maximum Gasteiger partial charge on any atom is 0.312 e. The molecule has 1 rings (SSSR count). The summed E-state index contributed by atoms with van der Waals surface area (Å²) in [4.78, 5) is 11.9. The highest BCUT2D eigenvalue weighted by Crippen LogP contribution is 2.51. The number of carbonyl (C=O) groups excluding carboxylic acids is 1. The van der Waals surface area contributed by atoms with Gasteiger partial charge in [-0.25, -0.2) is 0 Å². The Balaban J connectivity index is 2.38. The van der Waals surface area contributed by atoms with E-state index in [1.807, 2.05) is 20.8 Å². The summed E-state index contributed by atoms with van der Waals surface area (Å²) in [6, 6.07) is 0. The Morgan fingerprint density at radius 1 is 1.27 bits per heavy atom. The van der Waals surface area contributed by atoms with Crippen molar-refractivity contribution in [1.82, 2.24) is 0 Å².